The van der Waals surface area contributed by atoms with Crippen molar-refractivity contribution in [1.82, 2.24) is 0 Å². The summed E-state index contributed by atoms with van der Waals surface area (Å²) in [6.07, 6.45) is 0.807. The van der Waals surface area contributed by atoms with E-state index in [1.54, 1.807) is 0 Å². The molecule has 0 aliphatic heterocycles. The van der Waals surface area contributed by atoms with E-state index in [9.17, 15) is 0 Å². The van der Waals surface area contributed by atoms with Crippen LogP contribution in [-0.2, 0) is 6.42 Å². The molecule has 94 valence electrons. The molecule has 2 aromatic carbocycles. The summed E-state index contributed by atoms with van der Waals surface area (Å²) in [5.74, 6) is 0. The minimum absolute atomic E-state index is 0.0684. The highest BCUT2D eigenvalue weighted by Gasteiger charge is 2.11. The predicted octanol–water partition coefficient (Wildman–Crippen LogP) is 5.93. The predicted molar refractivity (Wildman–Crippen MR) is 82.6 cm³/mol. The second kappa shape index (κ2) is 6.10. The van der Waals surface area contributed by atoms with Crippen molar-refractivity contribution in [1.29, 1.82) is 0 Å². The van der Waals surface area contributed by atoms with Gasteiger partial charge in [0, 0.05) is 9.50 Å². The summed E-state index contributed by atoms with van der Waals surface area (Å²) in [6, 6.07) is 14.1. The number of halogens is 3. The van der Waals surface area contributed by atoms with Gasteiger partial charge in [-0.3, -0.25) is 0 Å². The summed E-state index contributed by atoms with van der Waals surface area (Å²) in [5.41, 5.74) is 3.58. The Morgan fingerprint density at radius 2 is 1.89 bits per heavy atom. The molecule has 0 radical (unpaired) electrons. The van der Waals surface area contributed by atoms with Crippen LogP contribution in [0.2, 0.25) is 5.02 Å². The first-order chi connectivity index (χ1) is 8.56. The first-order valence-corrected chi connectivity index (χ1v) is 7.31. The fraction of sp³-hybridized carbons (Fsp3) is 0.200. The normalized spacial score (nSPS) is 12.4. The molecule has 0 aliphatic rings. The van der Waals surface area contributed by atoms with E-state index < -0.39 is 0 Å². The van der Waals surface area contributed by atoms with Gasteiger partial charge in [0.15, 0.2) is 0 Å². The number of benzene rings is 2. The summed E-state index contributed by atoms with van der Waals surface area (Å²) in [4.78, 5) is 0. The van der Waals surface area contributed by atoms with Crippen LogP contribution in [0.3, 0.4) is 0 Å². The van der Waals surface area contributed by atoms with Crippen LogP contribution in [0.25, 0.3) is 0 Å². The molecule has 1 unspecified atom stereocenters. The average molecular weight is 344 g/mol. The Hall–Kier alpha value is -0.500. The molecule has 0 spiro atoms. The zero-order valence-corrected chi connectivity index (χ0v) is 13.1. The second-order valence-electron chi connectivity index (χ2n) is 4.30. The molecule has 0 amide bonds. The minimum atomic E-state index is -0.0684. The van der Waals surface area contributed by atoms with Crippen molar-refractivity contribution < 1.29 is 0 Å². The Bertz CT molecular complexity index is 532. The number of hydrogen-bond acceptors (Lipinski definition) is 0. The molecule has 0 saturated heterocycles. The first kappa shape index (κ1) is 13.9. The lowest BCUT2D eigenvalue weighted by atomic mass is 10.0. The van der Waals surface area contributed by atoms with E-state index in [4.69, 9.17) is 23.2 Å². The standard InChI is InChI=1S/C15H13BrCl2/c1-10-4-2-3-5-11(10)8-15(18)12-6-13(16)9-14(17)7-12/h2-7,9,15H,8H2,1H3. The van der Waals surface area contributed by atoms with E-state index in [2.05, 4.69) is 35.0 Å². The maximum Gasteiger partial charge on any atom is 0.0626 e. The maximum absolute atomic E-state index is 6.48. The van der Waals surface area contributed by atoms with E-state index in [-0.39, 0.29) is 5.38 Å². The Labute approximate surface area is 126 Å². The van der Waals surface area contributed by atoms with Gasteiger partial charge >= 0.3 is 0 Å². The smallest absolute Gasteiger partial charge is 0.0626 e. The van der Waals surface area contributed by atoms with Gasteiger partial charge < -0.3 is 0 Å². The largest absolute Gasteiger partial charge is 0.117 e. The summed E-state index contributed by atoms with van der Waals surface area (Å²) in [7, 11) is 0. The molecule has 0 fully saturated rings. The third-order valence-corrected chi connectivity index (χ3v) is 3.99. The highest BCUT2D eigenvalue weighted by Crippen LogP contribution is 2.30. The Morgan fingerprint density at radius 3 is 2.56 bits per heavy atom. The summed E-state index contributed by atoms with van der Waals surface area (Å²) < 4.78 is 0.959. The van der Waals surface area contributed by atoms with Gasteiger partial charge in [0.05, 0.1) is 5.38 Å². The fourth-order valence-electron chi connectivity index (χ4n) is 1.91. The Kier molecular flexibility index (Phi) is 4.71. The topological polar surface area (TPSA) is 0 Å². The SMILES string of the molecule is Cc1ccccc1CC(Cl)c1cc(Cl)cc(Br)c1. The van der Waals surface area contributed by atoms with Crippen LogP contribution in [0.5, 0.6) is 0 Å². The van der Waals surface area contributed by atoms with Crippen molar-refractivity contribution in [2.45, 2.75) is 18.7 Å². The zero-order chi connectivity index (χ0) is 13.1. The van der Waals surface area contributed by atoms with Gasteiger partial charge in [0.2, 0.25) is 0 Å². The molecule has 0 N–H and O–H groups in total. The van der Waals surface area contributed by atoms with E-state index in [0.717, 1.165) is 16.5 Å². The van der Waals surface area contributed by atoms with Crippen LogP contribution in [0.1, 0.15) is 22.1 Å². The van der Waals surface area contributed by atoms with Crippen molar-refractivity contribution in [2.24, 2.45) is 0 Å². The lowest BCUT2D eigenvalue weighted by molar-refractivity contribution is 0.910. The average Bonchev–Trinajstić information content (AvgIpc) is 2.31. The first-order valence-electron chi connectivity index (χ1n) is 5.71. The van der Waals surface area contributed by atoms with Crippen LogP contribution in [0.4, 0.5) is 0 Å². The summed E-state index contributed by atoms with van der Waals surface area (Å²) >= 11 is 16.0. The van der Waals surface area contributed by atoms with Crippen LogP contribution >= 0.6 is 39.1 Å². The number of hydrogen-bond donors (Lipinski definition) is 0. The lowest BCUT2D eigenvalue weighted by Crippen LogP contribution is -1.98. The molecule has 0 nitrogen and oxygen atoms in total. The molecular formula is C15H13BrCl2. The van der Waals surface area contributed by atoms with Crippen molar-refractivity contribution in [3.8, 4) is 0 Å². The molecule has 1 atom stereocenters. The second-order valence-corrected chi connectivity index (χ2v) is 6.18. The summed E-state index contributed by atoms with van der Waals surface area (Å²) in [5, 5.41) is 0.635. The van der Waals surface area contributed by atoms with Gasteiger partial charge in [-0.05, 0) is 48.2 Å². The molecule has 18 heavy (non-hydrogen) atoms. The Balaban J connectivity index is 2.22. The summed E-state index contributed by atoms with van der Waals surface area (Å²) in [6.45, 7) is 2.10. The van der Waals surface area contributed by atoms with Crippen LogP contribution in [-0.4, -0.2) is 0 Å². The van der Waals surface area contributed by atoms with Crippen LogP contribution in [0, 0.1) is 6.92 Å². The highest BCUT2D eigenvalue weighted by molar-refractivity contribution is 9.10. The van der Waals surface area contributed by atoms with E-state index >= 15 is 0 Å². The van der Waals surface area contributed by atoms with Gasteiger partial charge in [0.1, 0.15) is 0 Å². The van der Waals surface area contributed by atoms with Crippen molar-refractivity contribution in [3.63, 3.8) is 0 Å². The molecular weight excluding hydrogens is 331 g/mol. The number of aryl methyl sites for hydroxylation is 1. The van der Waals surface area contributed by atoms with Gasteiger partial charge in [-0.25, -0.2) is 0 Å². The van der Waals surface area contributed by atoms with E-state index in [1.165, 1.54) is 11.1 Å². The quantitative estimate of drug-likeness (QED) is 0.605. The van der Waals surface area contributed by atoms with Crippen molar-refractivity contribution in [3.05, 3.63) is 68.7 Å². The van der Waals surface area contributed by atoms with Crippen LogP contribution < -0.4 is 0 Å². The molecule has 3 heteroatoms. The third kappa shape index (κ3) is 3.50. The van der Waals surface area contributed by atoms with Gasteiger partial charge in [-0.2, -0.15) is 0 Å². The van der Waals surface area contributed by atoms with E-state index in [1.807, 2.05) is 30.3 Å². The fourth-order valence-corrected chi connectivity index (χ4v) is 3.08. The third-order valence-electron chi connectivity index (χ3n) is 2.91. The van der Waals surface area contributed by atoms with Gasteiger partial charge in [0.25, 0.3) is 0 Å². The van der Waals surface area contributed by atoms with Crippen molar-refractivity contribution in [2.75, 3.05) is 0 Å². The molecule has 0 aromatic heterocycles. The number of rotatable bonds is 3. The van der Waals surface area contributed by atoms with Gasteiger partial charge in [-0.15, -0.1) is 11.6 Å². The molecule has 0 saturated carbocycles. The molecule has 0 aliphatic carbocycles. The zero-order valence-electron chi connectivity index (χ0n) is 9.96. The van der Waals surface area contributed by atoms with E-state index in [0.29, 0.717) is 5.02 Å². The molecule has 0 bridgehead atoms. The lowest BCUT2D eigenvalue weighted by Gasteiger charge is -2.12. The molecule has 0 heterocycles. The molecule has 2 aromatic rings. The van der Waals surface area contributed by atoms with Gasteiger partial charge in [-0.1, -0.05) is 51.8 Å². The number of alkyl halides is 1. The minimum Gasteiger partial charge on any atom is -0.117 e. The molecule has 2 rings (SSSR count). The maximum atomic E-state index is 6.48. The monoisotopic (exact) mass is 342 g/mol. The van der Waals surface area contributed by atoms with Crippen molar-refractivity contribution >= 4 is 39.1 Å². The van der Waals surface area contributed by atoms with Crippen LogP contribution in [0.15, 0.2) is 46.9 Å². The highest BCUT2D eigenvalue weighted by atomic mass is 79.9. The Morgan fingerprint density at radius 1 is 1.17 bits per heavy atom.